The van der Waals surface area contributed by atoms with Gasteiger partial charge in [0.25, 0.3) is 0 Å². The quantitative estimate of drug-likeness (QED) is 0.752. The molecule has 1 aromatic rings. The Morgan fingerprint density at radius 3 is 3.00 bits per heavy atom. The van der Waals surface area contributed by atoms with Crippen LogP contribution in [0, 0.1) is 0 Å². The molecule has 0 atom stereocenters. The molecule has 5 nitrogen and oxygen atoms in total. The number of ether oxygens (including phenoxy) is 1. The third-order valence-electron chi connectivity index (χ3n) is 2.09. The maximum atomic E-state index is 10.6. The van der Waals surface area contributed by atoms with Crippen molar-refractivity contribution in [1.82, 2.24) is 10.3 Å². The van der Waals surface area contributed by atoms with Crippen LogP contribution in [0.25, 0.3) is 6.08 Å². The number of pyridine rings is 1. The summed E-state index contributed by atoms with van der Waals surface area (Å²) < 4.78 is 4.96. The number of hydrogen-bond donors (Lipinski definition) is 2. The lowest BCUT2D eigenvalue weighted by Crippen LogP contribution is -2.20. The molecule has 17 heavy (non-hydrogen) atoms. The largest absolute Gasteiger partial charge is 0.480 e. The van der Waals surface area contributed by atoms with E-state index in [4.69, 9.17) is 10.5 Å². The van der Waals surface area contributed by atoms with Gasteiger partial charge in [-0.1, -0.05) is 12.2 Å². The lowest BCUT2D eigenvalue weighted by atomic mass is 10.2. The molecule has 3 N–H and O–H groups in total. The van der Waals surface area contributed by atoms with E-state index in [0.29, 0.717) is 18.1 Å². The van der Waals surface area contributed by atoms with E-state index in [-0.39, 0.29) is 5.91 Å². The van der Waals surface area contributed by atoms with Crippen LogP contribution < -0.4 is 15.8 Å². The third kappa shape index (κ3) is 4.55. The first-order valence-corrected chi connectivity index (χ1v) is 5.34. The highest BCUT2D eigenvalue weighted by molar-refractivity contribution is 5.72. The first-order chi connectivity index (χ1) is 8.13. The molecule has 1 aromatic heterocycles. The van der Waals surface area contributed by atoms with Crippen molar-refractivity contribution in [3.05, 3.63) is 23.9 Å². The van der Waals surface area contributed by atoms with Crippen LogP contribution in [-0.4, -0.2) is 24.5 Å². The Morgan fingerprint density at radius 1 is 1.65 bits per heavy atom. The Kier molecular flexibility index (Phi) is 5.00. The van der Waals surface area contributed by atoms with E-state index in [1.807, 2.05) is 12.2 Å². The topological polar surface area (TPSA) is 77.2 Å². The molecule has 0 aliphatic heterocycles. The molecule has 1 heterocycles. The summed E-state index contributed by atoms with van der Waals surface area (Å²) in [6.45, 7) is 2.13. The molecule has 0 saturated carbocycles. The highest BCUT2D eigenvalue weighted by atomic mass is 16.5. The average Bonchev–Trinajstić information content (AvgIpc) is 2.28. The fourth-order valence-corrected chi connectivity index (χ4v) is 1.30. The number of nitrogens with one attached hydrogen (secondary N) is 1. The molecule has 0 bridgehead atoms. The summed E-state index contributed by atoms with van der Waals surface area (Å²) in [5.41, 5.74) is 7.14. The zero-order valence-electron chi connectivity index (χ0n) is 10.1. The molecule has 0 fully saturated rings. The molecule has 0 aliphatic carbocycles. The van der Waals surface area contributed by atoms with E-state index in [2.05, 4.69) is 10.3 Å². The number of nitrogen functional groups attached to an aromatic ring is 1. The van der Waals surface area contributed by atoms with Crippen LogP contribution in [0.3, 0.4) is 0 Å². The molecular weight excluding hydrogens is 218 g/mol. The second-order valence-electron chi connectivity index (χ2n) is 3.54. The van der Waals surface area contributed by atoms with E-state index < -0.39 is 0 Å². The number of rotatable bonds is 5. The van der Waals surface area contributed by atoms with Gasteiger partial charge >= 0.3 is 0 Å². The minimum Gasteiger partial charge on any atom is -0.480 e. The average molecular weight is 235 g/mol. The third-order valence-corrected chi connectivity index (χ3v) is 2.09. The first kappa shape index (κ1) is 13.0. The Labute approximate surface area is 101 Å². The van der Waals surface area contributed by atoms with Gasteiger partial charge in [-0.2, -0.15) is 0 Å². The van der Waals surface area contributed by atoms with Gasteiger partial charge < -0.3 is 15.8 Å². The van der Waals surface area contributed by atoms with E-state index in [1.165, 1.54) is 14.0 Å². The van der Waals surface area contributed by atoms with Crippen molar-refractivity contribution in [2.24, 2.45) is 0 Å². The van der Waals surface area contributed by atoms with Crippen LogP contribution in [0.2, 0.25) is 0 Å². The molecule has 0 saturated heterocycles. The smallest absolute Gasteiger partial charge is 0.236 e. The van der Waals surface area contributed by atoms with Crippen molar-refractivity contribution < 1.29 is 9.53 Å². The fraction of sp³-hybridized carbons (Fsp3) is 0.333. The fourth-order valence-electron chi connectivity index (χ4n) is 1.30. The molecule has 0 radical (unpaired) electrons. The van der Waals surface area contributed by atoms with Crippen molar-refractivity contribution in [2.45, 2.75) is 13.3 Å². The molecule has 1 rings (SSSR count). The molecule has 0 aromatic carbocycles. The molecular formula is C12H17N3O2. The summed E-state index contributed by atoms with van der Waals surface area (Å²) in [6, 6.07) is 1.79. The monoisotopic (exact) mass is 235 g/mol. The molecule has 0 spiro atoms. The van der Waals surface area contributed by atoms with E-state index in [1.54, 1.807) is 12.3 Å². The van der Waals surface area contributed by atoms with Gasteiger partial charge in [0.2, 0.25) is 11.8 Å². The van der Waals surface area contributed by atoms with Crippen molar-refractivity contribution in [1.29, 1.82) is 0 Å². The number of methoxy groups -OCH3 is 1. The molecule has 92 valence electrons. The van der Waals surface area contributed by atoms with E-state index >= 15 is 0 Å². The van der Waals surface area contributed by atoms with Gasteiger partial charge in [0.1, 0.15) is 0 Å². The molecule has 5 heteroatoms. The van der Waals surface area contributed by atoms with Crippen molar-refractivity contribution in [3.8, 4) is 5.88 Å². The summed E-state index contributed by atoms with van der Waals surface area (Å²) in [5.74, 6) is 0.411. The summed E-state index contributed by atoms with van der Waals surface area (Å²) in [4.78, 5) is 14.7. The number of carbonyl (C=O) groups is 1. The first-order valence-electron chi connectivity index (χ1n) is 5.34. The molecule has 0 unspecified atom stereocenters. The minimum atomic E-state index is -0.0197. The van der Waals surface area contributed by atoms with Gasteiger partial charge in [-0.3, -0.25) is 4.79 Å². The van der Waals surface area contributed by atoms with Crippen LogP contribution in [0.1, 0.15) is 18.9 Å². The Balaban J connectivity index is 2.48. The van der Waals surface area contributed by atoms with Crippen LogP contribution in [0.4, 0.5) is 5.69 Å². The number of nitrogens with two attached hydrogens (primary N) is 1. The van der Waals surface area contributed by atoms with Crippen LogP contribution >= 0.6 is 0 Å². The number of amides is 1. The van der Waals surface area contributed by atoms with Gasteiger partial charge in [0.15, 0.2) is 0 Å². The highest BCUT2D eigenvalue weighted by Gasteiger charge is 1.99. The summed E-state index contributed by atoms with van der Waals surface area (Å²) in [5, 5.41) is 2.71. The second-order valence-corrected chi connectivity index (χ2v) is 3.54. The van der Waals surface area contributed by atoms with Crippen molar-refractivity contribution in [2.75, 3.05) is 19.4 Å². The van der Waals surface area contributed by atoms with E-state index in [0.717, 1.165) is 12.0 Å². The second kappa shape index (κ2) is 6.52. The summed E-state index contributed by atoms with van der Waals surface area (Å²) >= 11 is 0. The number of aromatic nitrogens is 1. The van der Waals surface area contributed by atoms with Gasteiger partial charge in [-0.25, -0.2) is 4.98 Å². The Bertz CT molecular complexity index is 416. The van der Waals surface area contributed by atoms with Crippen LogP contribution in [-0.2, 0) is 4.79 Å². The van der Waals surface area contributed by atoms with Gasteiger partial charge in [0, 0.05) is 19.7 Å². The number of anilines is 1. The summed E-state index contributed by atoms with van der Waals surface area (Å²) in [6.07, 6.45) is 6.32. The van der Waals surface area contributed by atoms with Gasteiger partial charge in [0.05, 0.1) is 12.8 Å². The van der Waals surface area contributed by atoms with Crippen LogP contribution in [0.15, 0.2) is 18.3 Å². The lowest BCUT2D eigenvalue weighted by Gasteiger charge is -2.03. The number of nitrogens with zero attached hydrogens (tertiary/aromatic N) is 1. The lowest BCUT2D eigenvalue weighted by molar-refractivity contribution is -0.118. The molecule has 0 aliphatic rings. The van der Waals surface area contributed by atoms with Crippen molar-refractivity contribution >= 4 is 17.7 Å². The van der Waals surface area contributed by atoms with Crippen LogP contribution in [0.5, 0.6) is 5.88 Å². The standard InChI is InChI=1S/C12H17N3O2/c1-9(16)14-6-4-3-5-10-7-11(13)12(17-2)15-8-10/h3,5,7-8H,4,6,13H2,1-2H3,(H,14,16). The van der Waals surface area contributed by atoms with Crippen molar-refractivity contribution in [3.63, 3.8) is 0 Å². The Hall–Kier alpha value is -2.04. The Morgan fingerprint density at radius 2 is 2.41 bits per heavy atom. The predicted molar refractivity (Wildman–Crippen MR) is 67.5 cm³/mol. The van der Waals surface area contributed by atoms with Gasteiger partial charge in [-0.05, 0) is 18.1 Å². The number of hydrogen-bond acceptors (Lipinski definition) is 4. The highest BCUT2D eigenvalue weighted by Crippen LogP contribution is 2.18. The number of carbonyl (C=O) groups excluding carboxylic acids is 1. The minimum absolute atomic E-state index is 0.0197. The van der Waals surface area contributed by atoms with E-state index in [9.17, 15) is 4.79 Å². The zero-order chi connectivity index (χ0) is 12.7. The molecule has 1 amide bonds. The van der Waals surface area contributed by atoms with Gasteiger partial charge in [-0.15, -0.1) is 0 Å². The predicted octanol–water partition coefficient (Wildman–Crippen LogP) is 1.21. The maximum absolute atomic E-state index is 10.6. The normalized spacial score (nSPS) is 10.5. The SMILES string of the molecule is COc1ncc(C=CCCNC(C)=O)cc1N. The summed E-state index contributed by atoms with van der Waals surface area (Å²) in [7, 11) is 1.53. The zero-order valence-corrected chi connectivity index (χ0v) is 10.1. The maximum Gasteiger partial charge on any atom is 0.236 e.